The second-order valence-corrected chi connectivity index (χ2v) is 9.49. The number of carbonyl (C=O) groups excluding carboxylic acids is 2. The van der Waals surface area contributed by atoms with Gasteiger partial charge >= 0.3 is 5.69 Å². The summed E-state index contributed by atoms with van der Waals surface area (Å²) in [5, 5.41) is 5.87. The highest BCUT2D eigenvalue weighted by Crippen LogP contribution is 2.35. The Bertz CT molecular complexity index is 1520. The third kappa shape index (κ3) is 4.74. The summed E-state index contributed by atoms with van der Waals surface area (Å²) in [6, 6.07) is 11.0. The average Bonchev–Trinajstić information content (AvgIpc) is 3.48. The highest BCUT2D eigenvalue weighted by molar-refractivity contribution is 6.06. The van der Waals surface area contributed by atoms with Crippen molar-refractivity contribution in [3.63, 3.8) is 0 Å². The third-order valence-corrected chi connectivity index (χ3v) is 7.13. The minimum absolute atomic E-state index is 0.0186. The number of hydrogen-bond acceptors (Lipinski definition) is 5. The SMILES string of the molecule is COc1cc(NC(=O)[C@H]2CC[C@@H](n3c(=O)[nH]c4c(NC(=O)c5nccn5C)cccc43)CC2)ccc1C. The van der Waals surface area contributed by atoms with Gasteiger partial charge in [-0.1, -0.05) is 12.1 Å². The Labute approximate surface area is 213 Å². The van der Waals surface area contributed by atoms with Gasteiger partial charge in [0.1, 0.15) is 5.75 Å². The van der Waals surface area contributed by atoms with Gasteiger partial charge in [0, 0.05) is 43.2 Å². The quantitative estimate of drug-likeness (QED) is 0.368. The average molecular weight is 503 g/mol. The number of nitrogens with one attached hydrogen (secondary N) is 3. The summed E-state index contributed by atoms with van der Waals surface area (Å²) in [4.78, 5) is 45.6. The molecule has 0 radical (unpaired) electrons. The molecule has 2 heterocycles. The number of anilines is 2. The van der Waals surface area contributed by atoms with E-state index in [0.29, 0.717) is 42.6 Å². The van der Waals surface area contributed by atoms with Crippen molar-refractivity contribution in [3.8, 4) is 5.75 Å². The van der Waals surface area contributed by atoms with Crippen LogP contribution >= 0.6 is 0 Å². The second kappa shape index (κ2) is 9.96. The van der Waals surface area contributed by atoms with Crippen LogP contribution in [0.4, 0.5) is 11.4 Å². The molecule has 1 aliphatic rings. The number of ether oxygens (including phenoxy) is 1. The number of rotatable bonds is 6. The summed E-state index contributed by atoms with van der Waals surface area (Å²) in [5.74, 6) is 0.508. The third-order valence-electron chi connectivity index (χ3n) is 7.13. The molecule has 2 aromatic heterocycles. The van der Waals surface area contributed by atoms with Crippen molar-refractivity contribution in [2.24, 2.45) is 13.0 Å². The number of aryl methyl sites for hydroxylation is 2. The van der Waals surface area contributed by atoms with Crippen molar-refractivity contribution in [3.05, 3.63) is 70.7 Å². The van der Waals surface area contributed by atoms with Crippen molar-refractivity contribution in [1.82, 2.24) is 19.1 Å². The number of hydrogen-bond donors (Lipinski definition) is 3. The maximum absolute atomic E-state index is 13.0. The molecule has 0 saturated heterocycles. The maximum atomic E-state index is 13.0. The molecule has 192 valence electrons. The predicted molar refractivity (Wildman–Crippen MR) is 141 cm³/mol. The predicted octanol–water partition coefficient (Wildman–Crippen LogP) is 4.00. The molecule has 37 heavy (non-hydrogen) atoms. The number of methoxy groups -OCH3 is 1. The first kappa shape index (κ1) is 24.4. The fraction of sp³-hybridized carbons (Fsp3) is 0.333. The summed E-state index contributed by atoms with van der Waals surface area (Å²) < 4.78 is 8.74. The van der Waals surface area contributed by atoms with Gasteiger partial charge in [0.15, 0.2) is 5.82 Å². The maximum Gasteiger partial charge on any atom is 0.326 e. The molecule has 10 nitrogen and oxygen atoms in total. The molecule has 1 fully saturated rings. The molecule has 2 amide bonds. The standard InChI is InChI=1S/C27H30N6O4/c1-16-7-10-18(15-22(16)37-3)29-25(34)17-8-11-19(12-9-17)33-21-6-4-5-20(23(21)31-27(33)36)30-26(35)24-28-13-14-32(24)2/h4-7,10,13-15,17,19H,8-9,11-12H2,1-3H3,(H,29,34)(H,30,35)(H,31,36)/t17-,19+. The molecular weight excluding hydrogens is 472 g/mol. The van der Waals surface area contributed by atoms with Gasteiger partial charge in [-0.25, -0.2) is 9.78 Å². The first-order valence-corrected chi connectivity index (χ1v) is 12.3. The lowest BCUT2D eigenvalue weighted by Crippen LogP contribution is -2.31. The van der Waals surface area contributed by atoms with Crippen LogP contribution in [-0.4, -0.2) is 38.0 Å². The largest absolute Gasteiger partial charge is 0.496 e. The zero-order valence-corrected chi connectivity index (χ0v) is 21.1. The van der Waals surface area contributed by atoms with E-state index in [0.717, 1.165) is 16.8 Å². The van der Waals surface area contributed by atoms with Gasteiger partial charge in [-0.2, -0.15) is 0 Å². The van der Waals surface area contributed by atoms with Crippen LogP contribution < -0.4 is 21.1 Å². The monoisotopic (exact) mass is 502 g/mol. The summed E-state index contributed by atoms with van der Waals surface area (Å²) in [7, 11) is 3.36. The molecule has 2 aromatic carbocycles. The van der Waals surface area contributed by atoms with E-state index in [9.17, 15) is 14.4 Å². The topological polar surface area (TPSA) is 123 Å². The molecule has 0 spiro atoms. The first-order valence-electron chi connectivity index (χ1n) is 12.3. The van der Waals surface area contributed by atoms with Gasteiger partial charge < -0.3 is 24.9 Å². The number of H-pyrrole nitrogens is 1. The number of imidazole rings is 2. The Morgan fingerprint density at radius 2 is 1.89 bits per heavy atom. The fourth-order valence-electron chi connectivity index (χ4n) is 5.12. The van der Waals surface area contributed by atoms with Crippen molar-refractivity contribution >= 4 is 34.2 Å². The van der Waals surface area contributed by atoms with Crippen molar-refractivity contribution in [2.75, 3.05) is 17.7 Å². The summed E-state index contributed by atoms with van der Waals surface area (Å²) in [6.45, 7) is 1.95. The van der Waals surface area contributed by atoms with Crippen LogP contribution in [0.1, 0.15) is 47.9 Å². The van der Waals surface area contributed by atoms with E-state index < -0.39 is 0 Å². The molecule has 10 heteroatoms. The van der Waals surface area contributed by atoms with E-state index in [1.165, 1.54) is 0 Å². The van der Waals surface area contributed by atoms with Crippen molar-refractivity contribution in [1.29, 1.82) is 0 Å². The Kier molecular flexibility index (Phi) is 6.56. The lowest BCUT2D eigenvalue weighted by molar-refractivity contribution is -0.121. The Morgan fingerprint density at radius 3 is 2.59 bits per heavy atom. The number of aromatic amines is 1. The van der Waals surface area contributed by atoms with E-state index >= 15 is 0 Å². The van der Waals surface area contributed by atoms with Gasteiger partial charge in [-0.05, 0) is 56.4 Å². The van der Waals surface area contributed by atoms with Gasteiger partial charge in [-0.3, -0.25) is 14.2 Å². The van der Waals surface area contributed by atoms with Gasteiger partial charge in [0.05, 0.1) is 23.8 Å². The number of carbonyl (C=O) groups is 2. The lowest BCUT2D eigenvalue weighted by Gasteiger charge is -2.28. The van der Waals surface area contributed by atoms with Gasteiger partial charge in [0.2, 0.25) is 5.91 Å². The zero-order chi connectivity index (χ0) is 26.1. The molecule has 1 aliphatic carbocycles. The zero-order valence-electron chi connectivity index (χ0n) is 21.1. The normalized spacial score (nSPS) is 17.5. The fourth-order valence-corrected chi connectivity index (χ4v) is 5.12. The smallest absolute Gasteiger partial charge is 0.326 e. The van der Waals surface area contributed by atoms with Crippen LogP contribution in [0.3, 0.4) is 0 Å². The van der Waals surface area contributed by atoms with Crippen molar-refractivity contribution < 1.29 is 14.3 Å². The van der Waals surface area contributed by atoms with E-state index in [4.69, 9.17) is 4.74 Å². The minimum atomic E-state index is -0.355. The van der Waals surface area contributed by atoms with Crippen molar-refractivity contribution in [2.45, 2.75) is 38.6 Å². The van der Waals surface area contributed by atoms with E-state index in [1.807, 2.05) is 37.3 Å². The molecule has 0 unspecified atom stereocenters. The number of nitrogens with zero attached hydrogens (tertiary/aromatic N) is 3. The Morgan fingerprint density at radius 1 is 1.11 bits per heavy atom. The summed E-state index contributed by atoms with van der Waals surface area (Å²) in [5.41, 5.74) is 3.30. The van der Waals surface area contributed by atoms with Crippen LogP contribution in [0.15, 0.2) is 53.6 Å². The van der Waals surface area contributed by atoms with Crippen LogP contribution in [0.25, 0.3) is 11.0 Å². The Balaban J connectivity index is 1.29. The lowest BCUT2D eigenvalue weighted by atomic mass is 9.85. The van der Waals surface area contributed by atoms with Crippen LogP contribution in [0, 0.1) is 12.8 Å². The molecule has 1 saturated carbocycles. The van der Waals surface area contributed by atoms with E-state index in [2.05, 4.69) is 20.6 Å². The minimum Gasteiger partial charge on any atom is -0.496 e. The number of fused-ring (bicyclic) bond motifs is 1. The number of para-hydroxylation sites is 1. The van der Waals surface area contributed by atoms with E-state index in [-0.39, 0.29) is 35.3 Å². The number of benzene rings is 2. The molecule has 4 aromatic rings. The molecule has 0 bridgehead atoms. The highest BCUT2D eigenvalue weighted by atomic mass is 16.5. The summed E-state index contributed by atoms with van der Waals surface area (Å²) >= 11 is 0. The number of aromatic nitrogens is 4. The first-order chi connectivity index (χ1) is 17.9. The molecule has 0 atom stereocenters. The van der Waals surface area contributed by atoms with Gasteiger partial charge in [-0.15, -0.1) is 0 Å². The summed E-state index contributed by atoms with van der Waals surface area (Å²) in [6.07, 6.45) is 6.00. The van der Waals surface area contributed by atoms with Crippen LogP contribution in [-0.2, 0) is 11.8 Å². The molecule has 3 N–H and O–H groups in total. The van der Waals surface area contributed by atoms with Crippen LogP contribution in [0.2, 0.25) is 0 Å². The Hall–Kier alpha value is -4.34. The van der Waals surface area contributed by atoms with Gasteiger partial charge in [0.25, 0.3) is 5.91 Å². The van der Waals surface area contributed by atoms with E-state index in [1.54, 1.807) is 41.8 Å². The highest BCUT2D eigenvalue weighted by Gasteiger charge is 2.29. The molecular formula is C27H30N6O4. The second-order valence-electron chi connectivity index (χ2n) is 9.49. The van der Waals surface area contributed by atoms with Crippen LogP contribution in [0.5, 0.6) is 5.75 Å². The molecule has 5 rings (SSSR count). The molecule has 0 aliphatic heterocycles. The number of amides is 2.